The van der Waals surface area contributed by atoms with E-state index in [0.29, 0.717) is 19.5 Å². The molecule has 0 amide bonds. The Bertz CT molecular complexity index is 271. The van der Waals surface area contributed by atoms with Crippen LogP contribution in [-0.2, 0) is 4.79 Å². The molecule has 1 saturated heterocycles. The number of nitrogens with two attached hydrogens (primary N) is 1. The van der Waals surface area contributed by atoms with Crippen molar-refractivity contribution >= 4 is 5.97 Å². The molecule has 0 radical (unpaired) electrons. The lowest BCUT2D eigenvalue weighted by Gasteiger charge is -2.27. The van der Waals surface area contributed by atoms with Gasteiger partial charge in [0, 0.05) is 19.1 Å². The lowest BCUT2D eigenvalue weighted by atomic mass is 10.0. The summed E-state index contributed by atoms with van der Waals surface area (Å²) >= 11 is 0. The van der Waals surface area contributed by atoms with Gasteiger partial charge in [0.25, 0.3) is 0 Å². The van der Waals surface area contributed by atoms with Crippen LogP contribution in [0.15, 0.2) is 0 Å². The first-order valence-corrected chi connectivity index (χ1v) is 5.47. The van der Waals surface area contributed by atoms with Gasteiger partial charge in [-0.15, -0.1) is 0 Å². The highest BCUT2D eigenvalue weighted by Gasteiger charge is 2.45. The van der Waals surface area contributed by atoms with Crippen LogP contribution in [0.25, 0.3) is 0 Å². The summed E-state index contributed by atoms with van der Waals surface area (Å²) in [6.45, 7) is 1.05. The maximum Gasteiger partial charge on any atom is 0.325 e. The average Bonchev–Trinajstić information content (AvgIpc) is 2.73. The van der Waals surface area contributed by atoms with Crippen LogP contribution < -0.4 is 5.73 Å². The van der Waals surface area contributed by atoms with Crippen molar-refractivity contribution in [1.29, 1.82) is 0 Å². The Balaban J connectivity index is 2.00. The quantitative estimate of drug-likeness (QED) is 0.570. The highest BCUT2D eigenvalue weighted by atomic mass is 16.4. The lowest BCUT2D eigenvalue weighted by molar-refractivity contribution is -0.142. The van der Waals surface area contributed by atoms with Crippen LogP contribution in [0, 0.1) is 0 Å². The summed E-state index contributed by atoms with van der Waals surface area (Å²) in [5.41, 5.74) is 4.67. The standard InChI is InChI=1S/C10H18N2O3/c11-10(9(14)15)4-5-12(6-10)7-2-1-3-8(7)13/h7-8,13H,1-6,11H2,(H,14,15). The van der Waals surface area contributed by atoms with Gasteiger partial charge in [0.1, 0.15) is 5.54 Å². The monoisotopic (exact) mass is 214 g/mol. The summed E-state index contributed by atoms with van der Waals surface area (Å²) in [5, 5.41) is 18.7. The molecule has 86 valence electrons. The van der Waals surface area contributed by atoms with Crippen molar-refractivity contribution in [2.45, 2.75) is 43.4 Å². The number of likely N-dealkylation sites (tertiary alicyclic amines) is 1. The SMILES string of the molecule is NC1(C(=O)O)CCN(C2CCCC2O)C1. The minimum atomic E-state index is -1.11. The van der Waals surface area contributed by atoms with Gasteiger partial charge in [-0.2, -0.15) is 0 Å². The van der Waals surface area contributed by atoms with Gasteiger partial charge in [-0.1, -0.05) is 0 Å². The van der Waals surface area contributed by atoms with Crippen LogP contribution in [0.3, 0.4) is 0 Å². The Hall–Kier alpha value is -0.650. The van der Waals surface area contributed by atoms with E-state index in [1.54, 1.807) is 0 Å². The van der Waals surface area contributed by atoms with Crippen LogP contribution >= 0.6 is 0 Å². The molecule has 0 aromatic heterocycles. The van der Waals surface area contributed by atoms with Crippen LogP contribution in [0.5, 0.6) is 0 Å². The molecule has 3 atom stereocenters. The Morgan fingerprint density at radius 1 is 1.47 bits per heavy atom. The fourth-order valence-electron chi connectivity index (χ4n) is 2.67. The van der Waals surface area contributed by atoms with Crippen molar-refractivity contribution in [2.24, 2.45) is 5.73 Å². The second kappa shape index (κ2) is 3.73. The van der Waals surface area contributed by atoms with E-state index in [4.69, 9.17) is 10.8 Å². The zero-order valence-corrected chi connectivity index (χ0v) is 8.72. The van der Waals surface area contributed by atoms with Crippen LogP contribution in [-0.4, -0.2) is 51.9 Å². The number of carboxylic acids is 1. The summed E-state index contributed by atoms with van der Waals surface area (Å²) in [6.07, 6.45) is 2.97. The molecule has 3 unspecified atom stereocenters. The summed E-state index contributed by atoms with van der Waals surface area (Å²) in [7, 11) is 0. The van der Waals surface area contributed by atoms with E-state index in [2.05, 4.69) is 0 Å². The number of aliphatic hydroxyl groups excluding tert-OH is 1. The number of aliphatic hydroxyl groups is 1. The highest BCUT2D eigenvalue weighted by Crippen LogP contribution is 2.29. The number of hydrogen-bond donors (Lipinski definition) is 3. The molecule has 0 aromatic carbocycles. The van der Waals surface area contributed by atoms with Gasteiger partial charge in [-0.25, -0.2) is 0 Å². The van der Waals surface area contributed by atoms with Gasteiger partial charge in [0.2, 0.25) is 0 Å². The van der Waals surface area contributed by atoms with Crippen molar-refractivity contribution < 1.29 is 15.0 Å². The maximum absolute atomic E-state index is 11.0. The molecular formula is C10H18N2O3. The van der Waals surface area contributed by atoms with Gasteiger partial charge < -0.3 is 15.9 Å². The number of aliphatic carboxylic acids is 1. The number of rotatable bonds is 2. The van der Waals surface area contributed by atoms with Crippen molar-refractivity contribution in [3.8, 4) is 0 Å². The average molecular weight is 214 g/mol. The molecule has 1 aliphatic carbocycles. The third-order valence-corrected chi connectivity index (χ3v) is 3.67. The zero-order chi connectivity index (χ0) is 11.1. The lowest BCUT2D eigenvalue weighted by Crippen LogP contribution is -2.51. The van der Waals surface area contributed by atoms with Gasteiger partial charge >= 0.3 is 5.97 Å². The van der Waals surface area contributed by atoms with Gasteiger partial charge in [-0.05, 0) is 25.7 Å². The third kappa shape index (κ3) is 1.87. The molecule has 2 rings (SSSR count). The topological polar surface area (TPSA) is 86.8 Å². The Morgan fingerprint density at radius 3 is 2.67 bits per heavy atom. The number of carbonyl (C=O) groups is 1. The number of nitrogens with zero attached hydrogens (tertiary/aromatic N) is 1. The molecule has 15 heavy (non-hydrogen) atoms. The molecule has 0 aromatic rings. The minimum absolute atomic E-state index is 0.120. The fourth-order valence-corrected chi connectivity index (χ4v) is 2.67. The van der Waals surface area contributed by atoms with Crippen molar-refractivity contribution in [2.75, 3.05) is 13.1 Å². The fraction of sp³-hybridized carbons (Fsp3) is 0.900. The maximum atomic E-state index is 11.0. The first-order valence-electron chi connectivity index (χ1n) is 5.47. The van der Waals surface area contributed by atoms with E-state index in [1.165, 1.54) is 0 Å². The molecule has 2 aliphatic rings. The molecule has 5 heteroatoms. The molecule has 1 heterocycles. The van der Waals surface area contributed by atoms with Crippen LogP contribution in [0.4, 0.5) is 0 Å². The third-order valence-electron chi connectivity index (χ3n) is 3.67. The molecule has 0 bridgehead atoms. The van der Waals surface area contributed by atoms with E-state index in [1.807, 2.05) is 4.90 Å². The molecule has 1 saturated carbocycles. The van der Waals surface area contributed by atoms with Gasteiger partial charge in [-0.3, -0.25) is 9.69 Å². The summed E-state index contributed by atoms with van der Waals surface area (Å²) < 4.78 is 0. The molecule has 1 aliphatic heterocycles. The number of hydrogen-bond acceptors (Lipinski definition) is 4. The second-order valence-corrected chi connectivity index (χ2v) is 4.75. The van der Waals surface area contributed by atoms with Gasteiger partial charge in [0.05, 0.1) is 6.10 Å². The van der Waals surface area contributed by atoms with Gasteiger partial charge in [0.15, 0.2) is 0 Å². The minimum Gasteiger partial charge on any atom is -0.480 e. The van der Waals surface area contributed by atoms with Crippen molar-refractivity contribution in [3.63, 3.8) is 0 Å². The first-order chi connectivity index (χ1) is 7.03. The van der Waals surface area contributed by atoms with Crippen molar-refractivity contribution in [1.82, 2.24) is 4.90 Å². The van der Waals surface area contributed by atoms with Crippen molar-refractivity contribution in [3.05, 3.63) is 0 Å². The largest absolute Gasteiger partial charge is 0.480 e. The van der Waals surface area contributed by atoms with E-state index >= 15 is 0 Å². The summed E-state index contributed by atoms with van der Waals surface area (Å²) in [6, 6.07) is 0.120. The predicted molar refractivity (Wildman–Crippen MR) is 54.4 cm³/mol. The molecule has 2 fully saturated rings. The summed E-state index contributed by atoms with van der Waals surface area (Å²) in [5.74, 6) is -0.933. The zero-order valence-electron chi connectivity index (χ0n) is 8.72. The first kappa shape index (κ1) is 10.9. The Kier molecular flexibility index (Phi) is 2.70. The smallest absolute Gasteiger partial charge is 0.325 e. The summed E-state index contributed by atoms with van der Waals surface area (Å²) in [4.78, 5) is 13.0. The van der Waals surface area contributed by atoms with Crippen LogP contribution in [0.2, 0.25) is 0 Å². The van der Waals surface area contributed by atoms with E-state index < -0.39 is 11.5 Å². The van der Waals surface area contributed by atoms with E-state index in [-0.39, 0.29) is 12.1 Å². The Morgan fingerprint density at radius 2 is 2.20 bits per heavy atom. The second-order valence-electron chi connectivity index (χ2n) is 4.75. The Labute approximate surface area is 88.9 Å². The molecule has 0 spiro atoms. The van der Waals surface area contributed by atoms with E-state index in [0.717, 1.165) is 19.3 Å². The normalized spacial score (nSPS) is 42.3. The molecular weight excluding hydrogens is 196 g/mol. The predicted octanol–water partition coefficient (Wildman–Crippen LogP) is -0.612. The number of carboxylic acid groups (broad SMARTS) is 1. The molecule has 5 nitrogen and oxygen atoms in total. The molecule has 4 N–H and O–H groups in total. The van der Waals surface area contributed by atoms with Crippen LogP contribution in [0.1, 0.15) is 25.7 Å². The highest BCUT2D eigenvalue weighted by molar-refractivity contribution is 5.79. The van der Waals surface area contributed by atoms with E-state index in [9.17, 15) is 9.90 Å².